The van der Waals surface area contributed by atoms with Crippen molar-refractivity contribution in [2.45, 2.75) is 30.6 Å². The van der Waals surface area contributed by atoms with Crippen LogP contribution in [0.5, 0.6) is 0 Å². The van der Waals surface area contributed by atoms with Gasteiger partial charge < -0.3 is 15.0 Å². The Morgan fingerprint density at radius 1 is 1.14 bits per heavy atom. The SMILES string of the molecule is O=C(C1CC(c2cc3ncnc(-c4ccc(NS(=O)(=O)C5CC5)cc4)c3s2)=CCN1)N1CCOCC1. The van der Waals surface area contributed by atoms with E-state index in [1.165, 1.54) is 0 Å². The molecule has 2 aliphatic heterocycles. The van der Waals surface area contributed by atoms with Gasteiger partial charge in [0.1, 0.15) is 6.33 Å². The number of carbonyl (C=O) groups excluding carboxylic acids is 1. The van der Waals surface area contributed by atoms with Gasteiger partial charge >= 0.3 is 0 Å². The predicted molar refractivity (Wildman–Crippen MR) is 140 cm³/mol. The van der Waals surface area contributed by atoms with Gasteiger partial charge in [-0.3, -0.25) is 9.52 Å². The monoisotopic (exact) mass is 525 g/mol. The van der Waals surface area contributed by atoms with Crippen molar-refractivity contribution < 1.29 is 17.9 Å². The van der Waals surface area contributed by atoms with Crippen molar-refractivity contribution in [3.63, 3.8) is 0 Å². The minimum absolute atomic E-state index is 0.128. The van der Waals surface area contributed by atoms with Gasteiger partial charge in [0.05, 0.1) is 40.4 Å². The third kappa shape index (κ3) is 4.75. The first-order valence-corrected chi connectivity index (χ1v) is 14.5. The number of fused-ring (bicyclic) bond motifs is 1. The van der Waals surface area contributed by atoms with Crippen LogP contribution in [0.2, 0.25) is 0 Å². The molecule has 1 saturated heterocycles. The van der Waals surface area contributed by atoms with Crippen LogP contribution in [0, 0.1) is 0 Å². The Kier molecular flexibility index (Phi) is 6.24. The van der Waals surface area contributed by atoms with Gasteiger partial charge in [-0.2, -0.15) is 0 Å². The molecule has 188 valence electrons. The number of rotatable bonds is 6. The fourth-order valence-corrected chi connectivity index (χ4v) is 7.18. The summed E-state index contributed by atoms with van der Waals surface area (Å²) >= 11 is 1.62. The lowest BCUT2D eigenvalue weighted by atomic mass is 9.99. The van der Waals surface area contributed by atoms with Crippen molar-refractivity contribution >= 4 is 48.7 Å². The molecule has 1 atom stereocenters. The predicted octanol–water partition coefficient (Wildman–Crippen LogP) is 2.87. The van der Waals surface area contributed by atoms with E-state index < -0.39 is 10.0 Å². The van der Waals surface area contributed by atoms with Crippen LogP contribution >= 0.6 is 11.3 Å². The molecule has 0 spiro atoms. The first-order chi connectivity index (χ1) is 17.5. The maximum atomic E-state index is 13.0. The fraction of sp³-hybridized carbons (Fsp3) is 0.400. The summed E-state index contributed by atoms with van der Waals surface area (Å²) in [5.41, 5.74) is 4.25. The van der Waals surface area contributed by atoms with Crippen LogP contribution in [-0.4, -0.2) is 73.3 Å². The van der Waals surface area contributed by atoms with E-state index in [0.717, 1.165) is 44.8 Å². The molecule has 6 rings (SSSR count). The van der Waals surface area contributed by atoms with Crippen molar-refractivity contribution in [3.05, 3.63) is 47.6 Å². The second-order valence-electron chi connectivity index (χ2n) is 9.30. The van der Waals surface area contributed by atoms with Crippen LogP contribution in [0.15, 0.2) is 42.7 Å². The molecule has 1 unspecified atom stereocenters. The Morgan fingerprint density at radius 2 is 1.92 bits per heavy atom. The van der Waals surface area contributed by atoms with Crippen LogP contribution in [-0.2, 0) is 19.6 Å². The van der Waals surface area contributed by atoms with E-state index in [4.69, 9.17) is 4.74 Å². The molecule has 0 radical (unpaired) electrons. The number of anilines is 1. The largest absolute Gasteiger partial charge is 0.378 e. The average molecular weight is 526 g/mol. The molecule has 1 amide bonds. The lowest BCUT2D eigenvalue weighted by molar-refractivity contribution is -0.137. The summed E-state index contributed by atoms with van der Waals surface area (Å²) in [5, 5.41) is 3.07. The van der Waals surface area contributed by atoms with Crippen molar-refractivity contribution in [3.8, 4) is 11.3 Å². The molecule has 1 aromatic carbocycles. The third-order valence-corrected chi connectivity index (χ3v) is 9.84. The van der Waals surface area contributed by atoms with E-state index >= 15 is 0 Å². The molecule has 2 aromatic heterocycles. The van der Waals surface area contributed by atoms with E-state index in [1.54, 1.807) is 29.8 Å². The summed E-state index contributed by atoms with van der Waals surface area (Å²) in [6, 6.07) is 9.13. The number of sulfonamides is 1. The zero-order valence-electron chi connectivity index (χ0n) is 19.6. The molecule has 4 heterocycles. The summed E-state index contributed by atoms with van der Waals surface area (Å²) < 4.78 is 33.5. The number of ether oxygens (including phenoxy) is 1. The molecule has 2 fully saturated rings. The summed E-state index contributed by atoms with van der Waals surface area (Å²) in [4.78, 5) is 25.0. The summed E-state index contributed by atoms with van der Waals surface area (Å²) in [7, 11) is -3.30. The van der Waals surface area contributed by atoms with Gasteiger partial charge in [-0.05, 0) is 43.0 Å². The number of carbonyl (C=O) groups is 1. The van der Waals surface area contributed by atoms with E-state index in [1.807, 2.05) is 17.0 Å². The minimum atomic E-state index is -3.30. The number of nitrogens with zero attached hydrogens (tertiary/aromatic N) is 3. The van der Waals surface area contributed by atoms with Gasteiger partial charge in [-0.25, -0.2) is 18.4 Å². The summed E-state index contributed by atoms with van der Waals surface area (Å²) in [6.07, 6.45) is 5.77. The Balaban J connectivity index is 1.22. The number of amides is 1. The Labute approximate surface area is 213 Å². The molecule has 9 nitrogen and oxygen atoms in total. The van der Waals surface area contributed by atoms with Crippen molar-refractivity contribution in [2.75, 3.05) is 37.6 Å². The number of hydrogen-bond acceptors (Lipinski definition) is 8. The van der Waals surface area contributed by atoms with Gasteiger partial charge in [-0.1, -0.05) is 18.2 Å². The maximum absolute atomic E-state index is 13.0. The van der Waals surface area contributed by atoms with Gasteiger partial charge in [-0.15, -0.1) is 11.3 Å². The number of benzene rings is 1. The van der Waals surface area contributed by atoms with Crippen LogP contribution in [0.25, 0.3) is 27.0 Å². The average Bonchev–Trinajstić information content (AvgIpc) is 3.69. The van der Waals surface area contributed by atoms with Gasteiger partial charge in [0.25, 0.3) is 0 Å². The second-order valence-corrected chi connectivity index (χ2v) is 12.3. The van der Waals surface area contributed by atoms with E-state index in [0.29, 0.717) is 45.0 Å². The molecule has 1 saturated carbocycles. The van der Waals surface area contributed by atoms with Crippen LogP contribution in [0.1, 0.15) is 24.1 Å². The van der Waals surface area contributed by atoms with Crippen molar-refractivity contribution in [1.29, 1.82) is 0 Å². The highest BCUT2D eigenvalue weighted by molar-refractivity contribution is 7.93. The van der Waals surface area contributed by atoms with E-state index in [9.17, 15) is 13.2 Å². The molecule has 3 aliphatic rings. The molecule has 1 aliphatic carbocycles. The molecule has 2 N–H and O–H groups in total. The molecule has 0 bridgehead atoms. The number of hydrogen-bond donors (Lipinski definition) is 2. The van der Waals surface area contributed by atoms with Crippen molar-refractivity contribution in [2.24, 2.45) is 0 Å². The Hall–Kier alpha value is -2.86. The van der Waals surface area contributed by atoms with Crippen LogP contribution in [0.3, 0.4) is 0 Å². The standard InChI is InChI=1S/C25H27N5O4S2/c31-25(30-9-11-34-12-10-30)21-13-17(7-8-26-21)22-14-20-24(35-22)23(28-15-27-20)16-1-3-18(4-2-16)29-36(32,33)19-5-6-19/h1-4,7,14-15,19,21,26,29H,5-6,8-13H2. The quantitative estimate of drug-likeness (QED) is 0.509. The van der Waals surface area contributed by atoms with Crippen LogP contribution < -0.4 is 10.0 Å². The van der Waals surface area contributed by atoms with E-state index in [-0.39, 0.29) is 17.2 Å². The smallest absolute Gasteiger partial charge is 0.240 e. The van der Waals surface area contributed by atoms with Gasteiger partial charge in [0.15, 0.2) is 0 Å². The lowest BCUT2D eigenvalue weighted by Gasteiger charge is -2.32. The zero-order chi connectivity index (χ0) is 24.7. The molecule has 36 heavy (non-hydrogen) atoms. The fourth-order valence-electron chi connectivity index (χ4n) is 4.62. The molecule has 3 aromatic rings. The number of morpholine rings is 1. The lowest BCUT2D eigenvalue weighted by Crippen LogP contribution is -2.51. The highest BCUT2D eigenvalue weighted by Gasteiger charge is 2.35. The van der Waals surface area contributed by atoms with Gasteiger partial charge in [0.2, 0.25) is 15.9 Å². The number of aromatic nitrogens is 2. The van der Waals surface area contributed by atoms with E-state index in [2.05, 4.69) is 32.1 Å². The summed E-state index contributed by atoms with van der Waals surface area (Å²) in [5.74, 6) is 0.128. The van der Waals surface area contributed by atoms with Gasteiger partial charge in [0, 0.05) is 35.8 Å². The maximum Gasteiger partial charge on any atom is 0.240 e. The molecular formula is C25H27N5O4S2. The highest BCUT2D eigenvalue weighted by Crippen LogP contribution is 2.37. The molecule has 11 heteroatoms. The zero-order valence-corrected chi connectivity index (χ0v) is 21.3. The molecular weight excluding hydrogens is 498 g/mol. The van der Waals surface area contributed by atoms with Crippen LogP contribution in [0.4, 0.5) is 5.69 Å². The minimum Gasteiger partial charge on any atom is -0.378 e. The normalized spacial score (nSPS) is 20.8. The number of thiophene rings is 1. The highest BCUT2D eigenvalue weighted by atomic mass is 32.2. The second kappa shape index (κ2) is 9.55. The topological polar surface area (TPSA) is 114 Å². The first kappa shape index (κ1) is 23.5. The third-order valence-electron chi connectivity index (χ3n) is 6.77. The summed E-state index contributed by atoms with van der Waals surface area (Å²) in [6.45, 7) is 3.09. The number of nitrogens with one attached hydrogen (secondary N) is 2. The first-order valence-electron chi connectivity index (χ1n) is 12.1. The Morgan fingerprint density at radius 3 is 2.67 bits per heavy atom. The van der Waals surface area contributed by atoms with Crippen molar-refractivity contribution in [1.82, 2.24) is 20.2 Å². The Bertz CT molecular complexity index is 1420.